The molecule has 5 nitrogen and oxygen atoms in total. The highest BCUT2D eigenvalue weighted by molar-refractivity contribution is 6.05. The minimum absolute atomic E-state index is 0.301. The van der Waals surface area contributed by atoms with Crippen LogP contribution in [0.1, 0.15) is 29.8 Å². The summed E-state index contributed by atoms with van der Waals surface area (Å²) in [5.41, 5.74) is 0.351. The second-order valence-electron chi connectivity index (χ2n) is 5.34. The Hall–Kier alpha value is -2.43. The zero-order valence-electron chi connectivity index (χ0n) is 11.5. The molecule has 108 valence electrons. The summed E-state index contributed by atoms with van der Waals surface area (Å²) in [6.45, 7) is 0. The zero-order valence-corrected chi connectivity index (χ0v) is 11.5. The van der Waals surface area contributed by atoms with Gasteiger partial charge in [-0.1, -0.05) is 30.7 Å². The highest BCUT2D eigenvalue weighted by Gasteiger charge is 2.34. The Labute approximate surface area is 122 Å². The van der Waals surface area contributed by atoms with Crippen LogP contribution in [0.15, 0.2) is 36.5 Å². The summed E-state index contributed by atoms with van der Waals surface area (Å²) in [5.74, 6) is -1.64. The van der Waals surface area contributed by atoms with E-state index >= 15 is 0 Å². The van der Waals surface area contributed by atoms with Gasteiger partial charge in [0.2, 0.25) is 0 Å². The number of nitrogens with one attached hydrogen (secondary N) is 1. The van der Waals surface area contributed by atoms with Gasteiger partial charge < -0.3 is 10.4 Å². The fourth-order valence-electron chi connectivity index (χ4n) is 2.97. The van der Waals surface area contributed by atoms with Crippen molar-refractivity contribution in [2.75, 3.05) is 0 Å². The van der Waals surface area contributed by atoms with Crippen LogP contribution >= 0.6 is 0 Å². The SMILES string of the molecule is O=C(N[C@@H]1CCC[C@@H]1C(=O)O)c1nccc2ccccc12. The molecule has 0 spiro atoms. The van der Waals surface area contributed by atoms with E-state index in [-0.39, 0.29) is 11.9 Å². The Morgan fingerprint density at radius 1 is 1.19 bits per heavy atom. The molecule has 1 aromatic carbocycles. The molecule has 1 amide bonds. The molecule has 1 saturated carbocycles. The van der Waals surface area contributed by atoms with Crippen LogP contribution in [0.2, 0.25) is 0 Å². The summed E-state index contributed by atoms with van der Waals surface area (Å²) in [6, 6.07) is 9.07. The molecule has 2 aromatic rings. The van der Waals surface area contributed by atoms with Crippen molar-refractivity contribution in [3.8, 4) is 0 Å². The molecule has 1 aliphatic rings. The third-order valence-corrected chi connectivity index (χ3v) is 4.04. The number of hydrogen-bond acceptors (Lipinski definition) is 3. The van der Waals surface area contributed by atoms with E-state index in [9.17, 15) is 14.7 Å². The van der Waals surface area contributed by atoms with E-state index in [1.54, 1.807) is 6.20 Å². The van der Waals surface area contributed by atoms with E-state index in [0.717, 1.165) is 17.2 Å². The predicted octanol–water partition coefficient (Wildman–Crippen LogP) is 2.22. The summed E-state index contributed by atoms with van der Waals surface area (Å²) >= 11 is 0. The number of amides is 1. The van der Waals surface area contributed by atoms with Crippen molar-refractivity contribution in [3.63, 3.8) is 0 Å². The first-order valence-corrected chi connectivity index (χ1v) is 7.04. The van der Waals surface area contributed by atoms with Gasteiger partial charge in [-0.05, 0) is 24.3 Å². The number of carboxylic acid groups (broad SMARTS) is 1. The van der Waals surface area contributed by atoms with E-state index in [4.69, 9.17) is 0 Å². The molecule has 0 unspecified atom stereocenters. The first-order chi connectivity index (χ1) is 10.2. The average molecular weight is 284 g/mol. The molecule has 2 N–H and O–H groups in total. The van der Waals surface area contributed by atoms with Gasteiger partial charge in [-0.25, -0.2) is 0 Å². The molecule has 21 heavy (non-hydrogen) atoms. The van der Waals surface area contributed by atoms with Gasteiger partial charge in [-0.3, -0.25) is 14.6 Å². The van der Waals surface area contributed by atoms with Gasteiger partial charge in [0, 0.05) is 17.6 Å². The summed E-state index contributed by atoms with van der Waals surface area (Å²) in [7, 11) is 0. The van der Waals surface area contributed by atoms with E-state index < -0.39 is 11.9 Å². The Balaban J connectivity index is 1.86. The minimum atomic E-state index is -0.844. The highest BCUT2D eigenvalue weighted by atomic mass is 16.4. The largest absolute Gasteiger partial charge is 0.481 e. The number of pyridine rings is 1. The van der Waals surface area contributed by atoms with Crippen LogP contribution in [-0.4, -0.2) is 28.0 Å². The monoisotopic (exact) mass is 284 g/mol. The third-order valence-electron chi connectivity index (χ3n) is 4.04. The number of aromatic nitrogens is 1. The second kappa shape index (κ2) is 5.52. The Morgan fingerprint density at radius 2 is 2.00 bits per heavy atom. The van der Waals surface area contributed by atoms with Crippen molar-refractivity contribution in [1.82, 2.24) is 10.3 Å². The van der Waals surface area contributed by atoms with Crippen LogP contribution in [0.4, 0.5) is 0 Å². The van der Waals surface area contributed by atoms with Gasteiger partial charge in [0.15, 0.2) is 0 Å². The molecular formula is C16H16N2O3. The lowest BCUT2D eigenvalue weighted by molar-refractivity contribution is -0.142. The van der Waals surface area contributed by atoms with Gasteiger partial charge in [0.05, 0.1) is 5.92 Å². The molecular weight excluding hydrogens is 268 g/mol. The van der Waals surface area contributed by atoms with E-state index in [2.05, 4.69) is 10.3 Å². The second-order valence-corrected chi connectivity index (χ2v) is 5.34. The highest BCUT2D eigenvalue weighted by Crippen LogP contribution is 2.26. The van der Waals surface area contributed by atoms with Crippen LogP contribution in [0.3, 0.4) is 0 Å². The minimum Gasteiger partial charge on any atom is -0.481 e. The van der Waals surface area contributed by atoms with Gasteiger partial charge >= 0.3 is 5.97 Å². The number of benzene rings is 1. The standard InChI is InChI=1S/C16H16N2O3/c19-15(18-13-7-3-6-12(13)16(20)21)14-11-5-2-1-4-10(11)8-9-17-14/h1-2,4-5,8-9,12-13H,3,6-7H2,(H,18,19)(H,20,21)/t12-,13+/m0/s1. The number of aliphatic carboxylic acids is 1. The maximum absolute atomic E-state index is 12.4. The van der Waals surface area contributed by atoms with E-state index in [1.807, 2.05) is 30.3 Å². The average Bonchev–Trinajstić information content (AvgIpc) is 2.95. The first kappa shape index (κ1) is 13.5. The Kier molecular flexibility index (Phi) is 3.56. The third kappa shape index (κ3) is 2.59. The maximum Gasteiger partial charge on any atom is 0.308 e. The number of carboxylic acids is 1. The van der Waals surface area contributed by atoms with Crippen molar-refractivity contribution in [2.45, 2.75) is 25.3 Å². The molecule has 0 saturated heterocycles. The summed E-state index contributed by atoms with van der Waals surface area (Å²) in [5, 5.41) is 13.7. The summed E-state index contributed by atoms with van der Waals surface area (Å²) < 4.78 is 0. The van der Waals surface area contributed by atoms with Crippen molar-refractivity contribution < 1.29 is 14.7 Å². The lowest BCUT2D eigenvalue weighted by atomic mass is 10.0. The number of fused-ring (bicyclic) bond motifs is 1. The molecule has 1 aliphatic carbocycles. The predicted molar refractivity (Wildman–Crippen MR) is 78.0 cm³/mol. The molecule has 0 radical (unpaired) electrons. The molecule has 1 fully saturated rings. The van der Waals surface area contributed by atoms with Crippen molar-refractivity contribution >= 4 is 22.6 Å². The van der Waals surface area contributed by atoms with Crippen molar-refractivity contribution in [3.05, 3.63) is 42.2 Å². The number of hydrogen-bond donors (Lipinski definition) is 2. The molecule has 2 atom stereocenters. The maximum atomic E-state index is 12.4. The van der Waals surface area contributed by atoms with Crippen LogP contribution in [-0.2, 0) is 4.79 Å². The van der Waals surface area contributed by atoms with Gasteiger partial charge in [0.1, 0.15) is 5.69 Å². The van der Waals surface area contributed by atoms with Crippen LogP contribution < -0.4 is 5.32 Å². The van der Waals surface area contributed by atoms with Gasteiger partial charge in [0.25, 0.3) is 5.91 Å². The topological polar surface area (TPSA) is 79.3 Å². The fourth-order valence-corrected chi connectivity index (χ4v) is 2.97. The fraction of sp³-hybridized carbons (Fsp3) is 0.312. The molecule has 0 aliphatic heterocycles. The molecule has 0 bridgehead atoms. The molecule has 3 rings (SSSR count). The lowest BCUT2D eigenvalue weighted by Crippen LogP contribution is -2.40. The van der Waals surface area contributed by atoms with E-state index in [1.165, 1.54) is 0 Å². The number of rotatable bonds is 3. The normalized spacial score (nSPS) is 21.3. The summed E-state index contributed by atoms with van der Waals surface area (Å²) in [4.78, 5) is 27.8. The molecule has 5 heteroatoms. The lowest BCUT2D eigenvalue weighted by Gasteiger charge is -2.17. The van der Waals surface area contributed by atoms with Crippen molar-refractivity contribution in [2.24, 2.45) is 5.92 Å². The van der Waals surface area contributed by atoms with Crippen LogP contribution in [0, 0.1) is 5.92 Å². The van der Waals surface area contributed by atoms with Crippen molar-refractivity contribution in [1.29, 1.82) is 0 Å². The van der Waals surface area contributed by atoms with E-state index in [0.29, 0.717) is 18.5 Å². The molecule has 1 aromatic heterocycles. The van der Waals surface area contributed by atoms with Gasteiger partial charge in [-0.15, -0.1) is 0 Å². The number of carbonyl (C=O) groups is 2. The number of nitrogens with zero attached hydrogens (tertiary/aromatic N) is 1. The Morgan fingerprint density at radius 3 is 2.81 bits per heavy atom. The smallest absolute Gasteiger partial charge is 0.308 e. The van der Waals surface area contributed by atoms with Gasteiger partial charge in [-0.2, -0.15) is 0 Å². The summed E-state index contributed by atoms with van der Waals surface area (Å²) in [6.07, 6.45) is 3.74. The van der Waals surface area contributed by atoms with Crippen LogP contribution in [0.5, 0.6) is 0 Å². The molecule has 1 heterocycles. The first-order valence-electron chi connectivity index (χ1n) is 7.04. The van der Waals surface area contributed by atoms with Crippen LogP contribution in [0.25, 0.3) is 10.8 Å². The zero-order chi connectivity index (χ0) is 14.8. The Bertz CT molecular complexity index is 693. The quantitative estimate of drug-likeness (QED) is 0.905. The number of carbonyl (C=O) groups excluding carboxylic acids is 1.